The van der Waals surface area contributed by atoms with Crippen molar-refractivity contribution in [2.24, 2.45) is 10.7 Å². The van der Waals surface area contributed by atoms with Crippen LogP contribution in [0, 0.1) is 5.82 Å². The van der Waals surface area contributed by atoms with Gasteiger partial charge < -0.3 is 25.8 Å². The molecule has 0 radical (unpaired) electrons. The summed E-state index contributed by atoms with van der Waals surface area (Å²) in [6.07, 6.45) is 0. The zero-order chi connectivity index (χ0) is 22.5. The highest BCUT2D eigenvalue weighted by Crippen LogP contribution is 2.17. The highest BCUT2D eigenvalue weighted by molar-refractivity contribution is 14.0. The molecule has 2 heterocycles. The first-order valence-electron chi connectivity index (χ1n) is 10.7. The monoisotopic (exact) mass is 566 g/mol. The third-order valence-corrected chi connectivity index (χ3v) is 5.75. The van der Waals surface area contributed by atoms with Crippen LogP contribution in [0.2, 0.25) is 0 Å². The standard InChI is InChI=1S/C23H27FN6O2.HI/c24-19-5-7-20(8-6-19)28-11-13-29(14-12-28)23(25)27-15-17-1-3-18(4-2-17)22(32)30-10-9-26-21(31)16-30;/h1-8H,9-16H2,(H2,25,27)(H,26,31);1H. The summed E-state index contributed by atoms with van der Waals surface area (Å²) < 4.78 is 13.1. The summed E-state index contributed by atoms with van der Waals surface area (Å²) in [4.78, 5) is 34.3. The van der Waals surface area contributed by atoms with Crippen LogP contribution in [-0.4, -0.2) is 73.4 Å². The molecule has 8 nitrogen and oxygen atoms in total. The lowest BCUT2D eigenvalue weighted by Gasteiger charge is -2.36. The van der Waals surface area contributed by atoms with E-state index in [1.165, 1.54) is 12.1 Å². The first-order valence-corrected chi connectivity index (χ1v) is 10.7. The van der Waals surface area contributed by atoms with Gasteiger partial charge in [0.05, 0.1) is 13.1 Å². The molecule has 0 aromatic heterocycles. The Morgan fingerprint density at radius 2 is 1.64 bits per heavy atom. The van der Waals surface area contributed by atoms with Gasteiger partial charge in [-0.1, -0.05) is 12.1 Å². The lowest BCUT2D eigenvalue weighted by atomic mass is 10.1. The van der Waals surface area contributed by atoms with Crippen LogP contribution in [0.15, 0.2) is 53.5 Å². The first kappa shape index (κ1) is 24.7. The van der Waals surface area contributed by atoms with Crippen LogP contribution in [-0.2, 0) is 11.3 Å². The van der Waals surface area contributed by atoms with Crippen LogP contribution < -0.4 is 16.0 Å². The SMILES string of the molecule is I.NC(=NCc1ccc(C(=O)N2CCNC(=O)C2)cc1)N1CCN(c2ccc(F)cc2)CC1. The average molecular weight is 566 g/mol. The molecule has 2 amide bonds. The van der Waals surface area contributed by atoms with Gasteiger partial charge in [-0.3, -0.25) is 9.59 Å². The highest BCUT2D eigenvalue weighted by atomic mass is 127. The molecule has 0 aliphatic carbocycles. The predicted molar refractivity (Wildman–Crippen MR) is 136 cm³/mol. The first-order chi connectivity index (χ1) is 15.5. The van der Waals surface area contributed by atoms with Crippen molar-refractivity contribution in [2.45, 2.75) is 6.54 Å². The molecule has 0 atom stereocenters. The fourth-order valence-electron chi connectivity index (χ4n) is 3.87. The number of rotatable bonds is 4. The minimum absolute atomic E-state index is 0. The topological polar surface area (TPSA) is 94.3 Å². The molecule has 2 aromatic carbocycles. The minimum Gasteiger partial charge on any atom is -0.370 e. The summed E-state index contributed by atoms with van der Waals surface area (Å²) >= 11 is 0. The fraction of sp³-hybridized carbons (Fsp3) is 0.348. The Balaban J connectivity index is 0.00000306. The molecular weight excluding hydrogens is 538 g/mol. The van der Waals surface area contributed by atoms with Crippen LogP contribution in [0.1, 0.15) is 15.9 Å². The van der Waals surface area contributed by atoms with Gasteiger partial charge in [0.2, 0.25) is 5.91 Å². The summed E-state index contributed by atoms with van der Waals surface area (Å²) in [5, 5.41) is 2.71. The molecule has 0 saturated carbocycles. The third kappa shape index (κ3) is 6.34. The molecule has 3 N–H and O–H groups in total. The molecule has 2 saturated heterocycles. The molecule has 2 fully saturated rings. The van der Waals surface area contributed by atoms with Crippen molar-refractivity contribution in [3.05, 3.63) is 65.5 Å². The van der Waals surface area contributed by atoms with E-state index in [-0.39, 0.29) is 48.2 Å². The fourth-order valence-corrected chi connectivity index (χ4v) is 3.87. The molecule has 0 spiro atoms. The number of piperazine rings is 2. The van der Waals surface area contributed by atoms with Crippen LogP contribution in [0.5, 0.6) is 0 Å². The van der Waals surface area contributed by atoms with Crippen LogP contribution in [0.25, 0.3) is 0 Å². The number of benzene rings is 2. The summed E-state index contributed by atoms with van der Waals surface area (Å²) in [6, 6.07) is 13.8. The van der Waals surface area contributed by atoms with Crippen LogP contribution >= 0.6 is 24.0 Å². The predicted octanol–water partition coefficient (Wildman–Crippen LogP) is 1.65. The number of amides is 2. The van der Waals surface area contributed by atoms with Crippen molar-refractivity contribution in [1.82, 2.24) is 15.1 Å². The summed E-state index contributed by atoms with van der Waals surface area (Å²) in [5.41, 5.74) is 8.70. The van der Waals surface area contributed by atoms with E-state index in [1.807, 2.05) is 17.0 Å². The van der Waals surface area contributed by atoms with E-state index in [0.29, 0.717) is 31.2 Å². The van der Waals surface area contributed by atoms with Gasteiger partial charge in [-0.15, -0.1) is 24.0 Å². The smallest absolute Gasteiger partial charge is 0.254 e. The van der Waals surface area contributed by atoms with Crippen molar-refractivity contribution in [3.8, 4) is 0 Å². The molecule has 4 rings (SSSR count). The molecule has 33 heavy (non-hydrogen) atoms. The number of hydrogen-bond donors (Lipinski definition) is 2. The molecule has 2 aromatic rings. The number of halogens is 2. The molecule has 0 unspecified atom stereocenters. The minimum atomic E-state index is -0.236. The number of nitrogens with zero attached hydrogens (tertiary/aromatic N) is 4. The van der Waals surface area contributed by atoms with Crippen molar-refractivity contribution in [2.75, 3.05) is 50.7 Å². The molecule has 176 valence electrons. The molecule has 2 aliphatic rings. The second-order valence-corrected chi connectivity index (χ2v) is 7.90. The van der Waals surface area contributed by atoms with Gasteiger partial charge in [-0.2, -0.15) is 0 Å². The lowest BCUT2D eigenvalue weighted by Crippen LogP contribution is -2.51. The van der Waals surface area contributed by atoms with E-state index in [9.17, 15) is 14.0 Å². The maximum Gasteiger partial charge on any atom is 0.254 e. The number of nitrogens with two attached hydrogens (primary N) is 1. The Morgan fingerprint density at radius 1 is 0.970 bits per heavy atom. The number of anilines is 1. The zero-order valence-corrected chi connectivity index (χ0v) is 20.6. The van der Waals surface area contributed by atoms with Gasteiger partial charge >= 0.3 is 0 Å². The van der Waals surface area contributed by atoms with E-state index in [4.69, 9.17) is 5.73 Å². The Morgan fingerprint density at radius 3 is 2.27 bits per heavy atom. The number of guanidine groups is 1. The number of hydrogen-bond acceptors (Lipinski definition) is 4. The highest BCUT2D eigenvalue weighted by Gasteiger charge is 2.22. The van der Waals surface area contributed by atoms with E-state index in [2.05, 4.69) is 15.2 Å². The van der Waals surface area contributed by atoms with E-state index < -0.39 is 0 Å². The van der Waals surface area contributed by atoms with Crippen molar-refractivity contribution >= 4 is 47.4 Å². The van der Waals surface area contributed by atoms with Crippen molar-refractivity contribution in [1.29, 1.82) is 0 Å². The maximum atomic E-state index is 13.1. The van der Waals surface area contributed by atoms with E-state index in [0.717, 1.165) is 37.4 Å². The Bertz CT molecular complexity index is 991. The number of carbonyl (C=O) groups excluding carboxylic acids is 2. The van der Waals surface area contributed by atoms with E-state index >= 15 is 0 Å². The maximum absolute atomic E-state index is 13.1. The largest absolute Gasteiger partial charge is 0.370 e. The van der Waals surface area contributed by atoms with Gasteiger partial charge in [0.1, 0.15) is 5.82 Å². The lowest BCUT2D eigenvalue weighted by molar-refractivity contribution is -0.123. The summed E-state index contributed by atoms with van der Waals surface area (Å²) in [7, 11) is 0. The summed E-state index contributed by atoms with van der Waals surface area (Å²) in [6.45, 7) is 4.56. The summed E-state index contributed by atoms with van der Waals surface area (Å²) in [5.74, 6) is -0.0266. The Labute approximate surface area is 209 Å². The normalized spacial score (nSPS) is 16.8. The van der Waals surface area contributed by atoms with E-state index in [1.54, 1.807) is 29.2 Å². The third-order valence-electron chi connectivity index (χ3n) is 5.75. The van der Waals surface area contributed by atoms with Gasteiger partial charge in [-0.05, 0) is 42.0 Å². The molecule has 0 bridgehead atoms. The number of aliphatic imine (C=N–C) groups is 1. The van der Waals surface area contributed by atoms with Gasteiger partial charge in [-0.25, -0.2) is 9.38 Å². The second kappa shape index (κ2) is 11.3. The molecule has 10 heteroatoms. The zero-order valence-electron chi connectivity index (χ0n) is 18.2. The van der Waals surface area contributed by atoms with Crippen molar-refractivity contribution in [3.63, 3.8) is 0 Å². The van der Waals surface area contributed by atoms with Crippen LogP contribution in [0.3, 0.4) is 0 Å². The number of nitrogens with one attached hydrogen (secondary N) is 1. The van der Waals surface area contributed by atoms with Gasteiger partial charge in [0.15, 0.2) is 5.96 Å². The Kier molecular flexibility index (Phi) is 8.48. The Hall–Kier alpha value is -2.89. The van der Waals surface area contributed by atoms with Gasteiger partial charge in [0, 0.05) is 50.5 Å². The molecule has 2 aliphatic heterocycles. The van der Waals surface area contributed by atoms with Gasteiger partial charge in [0.25, 0.3) is 5.91 Å². The average Bonchev–Trinajstić information content (AvgIpc) is 2.83. The second-order valence-electron chi connectivity index (χ2n) is 7.90. The quantitative estimate of drug-likeness (QED) is 0.334. The molecular formula is C23H28FIN6O2. The number of carbonyl (C=O) groups is 2. The van der Waals surface area contributed by atoms with Crippen molar-refractivity contribution < 1.29 is 14.0 Å². The van der Waals surface area contributed by atoms with Crippen LogP contribution in [0.4, 0.5) is 10.1 Å².